The van der Waals surface area contributed by atoms with E-state index in [0.717, 1.165) is 36.2 Å². The second-order valence-electron chi connectivity index (χ2n) is 7.26. The molecule has 0 aliphatic carbocycles. The van der Waals surface area contributed by atoms with Crippen molar-refractivity contribution in [3.05, 3.63) is 59.7 Å². The van der Waals surface area contributed by atoms with Crippen LogP contribution in [0.1, 0.15) is 11.1 Å². The Morgan fingerprint density at radius 2 is 1.64 bits per heavy atom. The molecule has 0 atom stereocenters. The summed E-state index contributed by atoms with van der Waals surface area (Å²) in [5.74, 6) is -0.168. The number of piperazine rings is 1. The van der Waals surface area contributed by atoms with Gasteiger partial charge in [0.05, 0.1) is 11.9 Å². The highest BCUT2D eigenvalue weighted by Gasteiger charge is 2.27. The van der Waals surface area contributed by atoms with Crippen LogP contribution in [-0.2, 0) is 14.8 Å². The molecule has 2 aromatic rings. The van der Waals surface area contributed by atoms with Crippen molar-refractivity contribution in [2.75, 3.05) is 48.2 Å². The van der Waals surface area contributed by atoms with Crippen molar-refractivity contribution in [2.45, 2.75) is 13.8 Å². The smallest absolute Gasteiger partial charge is 0.243 e. The Morgan fingerprint density at radius 1 is 1.00 bits per heavy atom. The molecule has 1 heterocycles. The van der Waals surface area contributed by atoms with Crippen LogP contribution < -0.4 is 9.21 Å². The maximum absolute atomic E-state index is 12.9. The van der Waals surface area contributed by atoms with Crippen molar-refractivity contribution in [1.82, 2.24) is 4.90 Å². The van der Waals surface area contributed by atoms with Crippen molar-refractivity contribution >= 4 is 27.3 Å². The van der Waals surface area contributed by atoms with Crippen molar-refractivity contribution in [3.8, 4) is 0 Å². The predicted molar refractivity (Wildman–Crippen MR) is 113 cm³/mol. The first-order valence-electron chi connectivity index (χ1n) is 9.38. The summed E-state index contributed by atoms with van der Waals surface area (Å²) in [7, 11) is -3.57. The van der Waals surface area contributed by atoms with Crippen LogP contribution in [0.5, 0.6) is 0 Å². The SMILES string of the molecule is Cc1ccc(C)c(N(CC(=O)N2CCN(c3ccccc3)CC2)S(C)(=O)=O)c1. The molecule has 1 aliphatic rings. The quantitative estimate of drug-likeness (QED) is 0.772. The van der Waals surface area contributed by atoms with Crippen LogP contribution in [0.3, 0.4) is 0 Å². The molecule has 7 heteroatoms. The summed E-state index contributed by atoms with van der Waals surface area (Å²) in [4.78, 5) is 16.9. The topological polar surface area (TPSA) is 60.9 Å². The summed E-state index contributed by atoms with van der Waals surface area (Å²) in [5, 5.41) is 0. The molecule has 1 aliphatic heterocycles. The second-order valence-corrected chi connectivity index (χ2v) is 9.17. The molecule has 150 valence electrons. The third-order valence-electron chi connectivity index (χ3n) is 5.07. The van der Waals surface area contributed by atoms with Gasteiger partial charge < -0.3 is 9.80 Å². The number of amides is 1. The molecule has 0 bridgehead atoms. The maximum Gasteiger partial charge on any atom is 0.243 e. The van der Waals surface area contributed by atoms with Crippen LogP contribution in [0.4, 0.5) is 11.4 Å². The molecule has 1 amide bonds. The molecule has 28 heavy (non-hydrogen) atoms. The lowest BCUT2D eigenvalue weighted by atomic mass is 10.1. The van der Waals surface area contributed by atoms with Gasteiger partial charge in [0.1, 0.15) is 6.54 Å². The number of anilines is 2. The van der Waals surface area contributed by atoms with Crippen LogP contribution in [0.25, 0.3) is 0 Å². The largest absolute Gasteiger partial charge is 0.368 e. The van der Waals surface area contributed by atoms with Gasteiger partial charge in [0, 0.05) is 31.9 Å². The Labute approximate surface area is 167 Å². The van der Waals surface area contributed by atoms with Crippen molar-refractivity contribution in [3.63, 3.8) is 0 Å². The Kier molecular flexibility index (Phi) is 5.93. The van der Waals surface area contributed by atoms with E-state index in [9.17, 15) is 13.2 Å². The van der Waals surface area contributed by atoms with Crippen molar-refractivity contribution in [2.24, 2.45) is 0 Å². The minimum atomic E-state index is -3.57. The molecule has 0 radical (unpaired) electrons. The van der Waals surface area contributed by atoms with E-state index in [1.807, 2.05) is 50.2 Å². The van der Waals surface area contributed by atoms with Gasteiger partial charge in [0.25, 0.3) is 0 Å². The fraction of sp³-hybridized carbons (Fsp3) is 0.381. The van der Waals surface area contributed by atoms with Gasteiger partial charge in [-0.2, -0.15) is 0 Å². The fourth-order valence-corrected chi connectivity index (χ4v) is 4.34. The minimum Gasteiger partial charge on any atom is -0.368 e. The van der Waals surface area contributed by atoms with Gasteiger partial charge in [-0.15, -0.1) is 0 Å². The van der Waals surface area contributed by atoms with Gasteiger partial charge in [0.2, 0.25) is 15.9 Å². The number of carbonyl (C=O) groups is 1. The number of rotatable bonds is 5. The number of para-hydroxylation sites is 1. The number of aryl methyl sites for hydroxylation is 2. The highest BCUT2D eigenvalue weighted by Crippen LogP contribution is 2.24. The summed E-state index contributed by atoms with van der Waals surface area (Å²) in [6.45, 7) is 6.23. The normalized spacial score (nSPS) is 14.8. The molecule has 6 nitrogen and oxygen atoms in total. The van der Waals surface area contributed by atoms with E-state index in [1.165, 1.54) is 4.31 Å². The molecular weight excluding hydrogens is 374 g/mol. The van der Waals surface area contributed by atoms with E-state index < -0.39 is 10.0 Å². The second kappa shape index (κ2) is 8.22. The highest BCUT2D eigenvalue weighted by molar-refractivity contribution is 7.92. The number of nitrogens with zero attached hydrogens (tertiary/aromatic N) is 3. The number of sulfonamides is 1. The van der Waals surface area contributed by atoms with Gasteiger partial charge >= 0.3 is 0 Å². The first-order valence-corrected chi connectivity index (χ1v) is 11.2. The van der Waals surface area contributed by atoms with E-state index in [1.54, 1.807) is 4.90 Å². The van der Waals surface area contributed by atoms with Gasteiger partial charge in [-0.1, -0.05) is 30.3 Å². The molecule has 2 aromatic carbocycles. The van der Waals surface area contributed by atoms with Crippen LogP contribution >= 0.6 is 0 Å². The number of benzene rings is 2. The van der Waals surface area contributed by atoms with E-state index in [-0.39, 0.29) is 12.5 Å². The lowest BCUT2D eigenvalue weighted by Gasteiger charge is -2.37. The number of carbonyl (C=O) groups excluding carboxylic acids is 1. The fourth-order valence-electron chi connectivity index (χ4n) is 3.44. The molecule has 1 fully saturated rings. The van der Waals surface area contributed by atoms with Crippen LogP contribution in [-0.4, -0.2) is 58.2 Å². The van der Waals surface area contributed by atoms with E-state index in [4.69, 9.17) is 0 Å². The summed E-state index contributed by atoms with van der Waals surface area (Å²) >= 11 is 0. The van der Waals surface area contributed by atoms with E-state index in [0.29, 0.717) is 18.8 Å². The number of hydrogen-bond acceptors (Lipinski definition) is 4. The van der Waals surface area contributed by atoms with Crippen LogP contribution in [0.2, 0.25) is 0 Å². The van der Waals surface area contributed by atoms with E-state index >= 15 is 0 Å². The third kappa shape index (κ3) is 4.65. The van der Waals surface area contributed by atoms with Gasteiger partial charge in [-0.05, 0) is 43.2 Å². The molecule has 0 aromatic heterocycles. The Bertz CT molecular complexity index is 937. The first kappa shape index (κ1) is 20.2. The maximum atomic E-state index is 12.9. The highest BCUT2D eigenvalue weighted by atomic mass is 32.2. The minimum absolute atomic E-state index is 0.168. The Morgan fingerprint density at radius 3 is 2.25 bits per heavy atom. The predicted octanol–water partition coefficient (Wildman–Crippen LogP) is 2.42. The lowest BCUT2D eigenvalue weighted by molar-refractivity contribution is -0.129. The van der Waals surface area contributed by atoms with Crippen LogP contribution in [0.15, 0.2) is 48.5 Å². The summed E-state index contributed by atoms with van der Waals surface area (Å²) < 4.78 is 26.0. The molecule has 0 unspecified atom stereocenters. The van der Waals surface area contributed by atoms with Crippen LogP contribution in [0, 0.1) is 13.8 Å². The average Bonchev–Trinajstić information content (AvgIpc) is 2.68. The zero-order valence-electron chi connectivity index (χ0n) is 16.6. The van der Waals surface area contributed by atoms with Crippen molar-refractivity contribution in [1.29, 1.82) is 0 Å². The summed E-state index contributed by atoms with van der Waals surface area (Å²) in [5.41, 5.74) is 3.50. The molecule has 0 saturated carbocycles. The summed E-state index contributed by atoms with van der Waals surface area (Å²) in [6.07, 6.45) is 1.15. The Balaban J connectivity index is 1.71. The zero-order chi connectivity index (χ0) is 20.3. The first-order chi connectivity index (χ1) is 13.3. The Hall–Kier alpha value is -2.54. The number of hydrogen-bond donors (Lipinski definition) is 0. The van der Waals surface area contributed by atoms with Crippen molar-refractivity contribution < 1.29 is 13.2 Å². The average molecular weight is 402 g/mol. The molecule has 1 saturated heterocycles. The standard InChI is InChI=1S/C21H27N3O3S/c1-17-9-10-18(2)20(15-17)24(28(3,26)27)16-21(25)23-13-11-22(12-14-23)19-7-5-4-6-8-19/h4-10,15H,11-14,16H2,1-3H3. The monoisotopic (exact) mass is 401 g/mol. The summed E-state index contributed by atoms with van der Waals surface area (Å²) in [6, 6.07) is 15.7. The molecule has 0 N–H and O–H groups in total. The zero-order valence-corrected chi connectivity index (χ0v) is 17.4. The molecule has 0 spiro atoms. The molecular formula is C21H27N3O3S. The third-order valence-corrected chi connectivity index (χ3v) is 6.19. The van der Waals surface area contributed by atoms with Gasteiger partial charge in [-0.25, -0.2) is 8.42 Å². The lowest BCUT2D eigenvalue weighted by Crippen LogP contribution is -2.52. The van der Waals surface area contributed by atoms with E-state index in [2.05, 4.69) is 17.0 Å². The molecule has 3 rings (SSSR count). The van der Waals surface area contributed by atoms with Gasteiger partial charge in [0.15, 0.2) is 0 Å². The van der Waals surface area contributed by atoms with Gasteiger partial charge in [-0.3, -0.25) is 9.10 Å².